The van der Waals surface area contributed by atoms with Gasteiger partial charge in [-0.05, 0) is 45.1 Å². The number of nitrogens with zero attached hydrogens (tertiary/aromatic N) is 2. The summed E-state index contributed by atoms with van der Waals surface area (Å²) in [6.07, 6.45) is 2.04. The summed E-state index contributed by atoms with van der Waals surface area (Å²) in [5.41, 5.74) is 0.487. The average Bonchev–Trinajstić information content (AvgIpc) is 2.29. The van der Waals surface area contributed by atoms with E-state index in [9.17, 15) is 8.78 Å². The van der Waals surface area contributed by atoms with Crippen molar-refractivity contribution in [3.05, 3.63) is 29.8 Å². The molecule has 0 N–H and O–H groups in total. The second-order valence-electron chi connectivity index (χ2n) is 4.74. The molecule has 1 aliphatic rings. The van der Waals surface area contributed by atoms with Crippen LogP contribution in [0.15, 0.2) is 18.2 Å². The van der Waals surface area contributed by atoms with Gasteiger partial charge in [0.2, 0.25) is 0 Å². The van der Waals surface area contributed by atoms with Gasteiger partial charge in [0.15, 0.2) is 0 Å². The Morgan fingerprint density at radius 1 is 1.24 bits per heavy atom. The van der Waals surface area contributed by atoms with Crippen LogP contribution in [0.25, 0.3) is 0 Å². The Morgan fingerprint density at radius 3 is 2.47 bits per heavy atom. The minimum absolute atomic E-state index is 0.339. The molecule has 1 saturated heterocycles. The van der Waals surface area contributed by atoms with Crippen LogP contribution < -0.4 is 4.90 Å². The van der Waals surface area contributed by atoms with Crippen LogP contribution in [0.3, 0.4) is 0 Å². The van der Waals surface area contributed by atoms with E-state index in [0.717, 1.165) is 32.0 Å². The van der Waals surface area contributed by atoms with Crippen LogP contribution in [0.4, 0.5) is 14.5 Å². The molecule has 0 aliphatic carbocycles. The summed E-state index contributed by atoms with van der Waals surface area (Å²) in [5, 5.41) is 0. The summed E-state index contributed by atoms with van der Waals surface area (Å²) in [5.74, 6) is -1.01. The Bertz CT molecular complexity index is 387. The number of rotatable bonds is 2. The summed E-state index contributed by atoms with van der Waals surface area (Å²) in [6, 6.07) is 4.11. The van der Waals surface area contributed by atoms with Crippen LogP contribution in [0.1, 0.15) is 12.8 Å². The van der Waals surface area contributed by atoms with Crippen molar-refractivity contribution in [1.82, 2.24) is 4.90 Å². The molecule has 1 aliphatic heterocycles. The Labute approximate surface area is 101 Å². The molecule has 0 unspecified atom stereocenters. The first-order chi connectivity index (χ1) is 8.08. The molecule has 2 nitrogen and oxygen atoms in total. The van der Waals surface area contributed by atoms with Crippen molar-refractivity contribution < 1.29 is 8.78 Å². The van der Waals surface area contributed by atoms with Crippen molar-refractivity contribution in [3.8, 4) is 0 Å². The smallest absolute Gasteiger partial charge is 0.149 e. The predicted octanol–water partition coefficient (Wildman–Crippen LogP) is 2.50. The lowest BCUT2D eigenvalue weighted by Crippen LogP contribution is -2.42. The minimum atomic E-state index is -0.525. The highest BCUT2D eigenvalue weighted by Gasteiger charge is 2.22. The first-order valence-corrected chi connectivity index (χ1v) is 5.94. The highest BCUT2D eigenvalue weighted by Crippen LogP contribution is 2.24. The van der Waals surface area contributed by atoms with Gasteiger partial charge in [-0.2, -0.15) is 0 Å². The van der Waals surface area contributed by atoms with Gasteiger partial charge in [-0.3, -0.25) is 0 Å². The van der Waals surface area contributed by atoms with Crippen molar-refractivity contribution in [3.63, 3.8) is 0 Å². The molecule has 17 heavy (non-hydrogen) atoms. The number of hydrogen-bond donors (Lipinski definition) is 0. The number of halogens is 2. The molecule has 0 amide bonds. The molecule has 0 aromatic heterocycles. The normalized spacial score (nSPS) is 18.4. The zero-order valence-corrected chi connectivity index (χ0v) is 10.3. The zero-order chi connectivity index (χ0) is 12.4. The molecule has 2 rings (SSSR count). The molecule has 1 aromatic carbocycles. The molecule has 0 atom stereocenters. The quantitative estimate of drug-likeness (QED) is 0.783. The van der Waals surface area contributed by atoms with Crippen molar-refractivity contribution in [2.24, 2.45) is 0 Å². The molecule has 0 bridgehead atoms. The van der Waals surface area contributed by atoms with Crippen LogP contribution in [-0.2, 0) is 0 Å². The summed E-state index contributed by atoms with van der Waals surface area (Å²) in [7, 11) is 3.97. The van der Waals surface area contributed by atoms with E-state index in [0.29, 0.717) is 11.7 Å². The third-order valence-corrected chi connectivity index (χ3v) is 3.53. The van der Waals surface area contributed by atoms with Crippen molar-refractivity contribution in [1.29, 1.82) is 0 Å². The summed E-state index contributed by atoms with van der Waals surface area (Å²) in [6.45, 7) is 2.05. The van der Waals surface area contributed by atoms with Gasteiger partial charge < -0.3 is 9.80 Å². The Balaban J connectivity index is 2.11. The van der Waals surface area contributed by atoms with Crippen LogP contribution in [0.5, 0.6) is 0 Å². The molecule has 94 valence electrons. The summed E-state index contributed by atoms with van der Waals surface area (Å²) < 4.78 is 26.5. The lowest BCUT2D eigenvalue weighted by atomic mass is 10.0. The van der Waals surface area contributed by atoms with Gasteiger partial charge in [0.05, 0.1) is 5.69 Å². The van der Waals surface area contributed by atoms with E-state index in [1.807, 2.05) is 11.9 Å². The van der Waals surface area contributed by atoms with Crippen LogP contribution >= 0.6 is 0 Å². The van der Waals surface area contributed by atoms with Gasteiger partial charge in [0, 0.05) is 19.2 Å². The molecular weight excluding hydrogens is 222 g/mol. The molecule has 1 heterocycles. The maximum absolute atomic E-state index is 13.6. The predicted molar refractivity (Wildman–Crippen MR) is 65.3 cm³/mol. The van der Waals surface area contributed by atoms with E-state index in [4.69, 9.17) is 0 Å². The molecular formula is C13H18F2N2. The van der Waals surface area contributed by atoms with Crippen LogP contribution in [0.2, 0.25) is 0 Å². The fraction of sp³-hybridized carbons (Fsp3) is 0.538. The topological polar surface area (TPSA) is 6.48 Å². The van der Waals surface area contributed by atoms with Crippen molar-refractivity contribution >= 4 is 5.69 Å². The first-order valence-electron chi connectivity index (χ1n) is 5.94. The Morgan fingerprint density at radius 2 is 1.88 bits per heavy atom. The molecule has 4 heteroatoms. The average molecular weight is 240 g/mol. The fourth-order valence-electron chi connectivity index (χ4n) is 2.35. The lowest BCUT2D eigenvalue weighted by molar-refractivity contribution is 0.252. The van der Waals surface area contributed by atoms with Crippen molar-refractivity contribution in [2.45, 2.75) is 18.9 Å². The van der Waals surface area contributed by atoms with Gasteiger partial charge in [0.1, 0.15) is 11.6 Å². The van der Waals surface area contributed by atoms with Crippen LogP contribution in [-0.4, -0.2) is 38.1 Å². The highest BCUT2D eigenvalue weighted by atomic mass is 19.1. The molecule has 1 aromatic rings. The van der Waals surface area contributed by atoms with E-state index < -0.39 is 11.6 Å². The Kier molecular flexibility index (Phi) is 3.62. The molecule has 0 saturated carbocycles. The van der Waals surface area contributed by atoms with Crippen molar-refractivity contribution in [2.75, 3.05) is 32.1 Å². The number of anilines is 1. The fourth-order valence-corrected chi connectivity index (χ4v) is 2.35. The van der Waals surface area contributed by atoms with E-state index in [2.05, 4.69) is 11.9 Å². The summed E-state index contributed by atoms with van der Waals surface area (Å²) in [4.78, 5) is 4.20. The second-order valence-corrected chi connectivity index (χ2v) is 4.74. The minimum Gasteiger partial charge on any atom is -0.369 e. The van der Waals surface area contributed by atoms with Gasteiger partial charge in [-0.25, -0.2) is 8.78 Å². The number of likely N-dealkylation sites (tertiary alicyclic amines) is 1. The Hall–Kier alpha value is -1.16. The first kappa shape index (κ1) is 12.3. The van der Waals surface area contributed by atoms with Gasteiger partial charge >= 0.3 is 0 Å². The van der Waals surface area contributed by atoms with Crippen LogP contribution in [0, 0.1) is 11.6 Å². The standard InChI is InChI=1S/C13H18F2N2/c1-16-7-5-11(6-8-16)17(2)13-4-3-10(14)9-12(13)15/h3-4,9,11H,5-8H2,1-2H3. The number of benzene rings is 1. The van der Waals surface area contributed by atoms with E-state index in [1.54, 1.807) is 0 Å². The third kappa shape index (κ3) is 2.75. The van der Waals surface area contributed by atoms with E-state index >= 15 is 0 Å². The maximum Gasteiger partial charge on any atom is 0.149 e. The van der Waals surface area contributed by atoms with Gasteiger partial charge in [0.25, 0.3) is 0 Å². The maximum atomic E-state index is 13.6. The lowest BCUT2D eigenvalue weighted by Gasteiger charge is -2.36. The SMILES string of the molecule is CN1CCC(N(C)c2ccc(F)cc2F)CC1. The highest BCUT2D eigenvalue weighted by molar-refractivity contribution is 5.48. The number of piperidine rings is 1. The number of hydrogen-bond acceptors (Lipinski definition) is 2. The van der Waals surface area contributed by atoms with E-state index in [-0.39, 0.29) is 0 Å². The molecule has 1 fully saturated rings. The third-order valence-electron chi connectivity index (χ3n) is 3.53. The van der Waals surface area contributed by atoms with Gasteiger partial charge in [-0.1, -0.05) is 0 Å². The second kappa shape index (κ2) is 5.00. The van der Waals surface area contributed by atoms with Gasteiger partial charge in [-0.15, -0.1) is 0 Å². The largest absolute Gasteiger partial charge is 0.369 e. The molecule has 0 spiro atoms. The molecule has 0 radical (unpaired) electrons. The summed E-state index contributed by atoms with van der Waals surface area (Å²) >= 11 is 0. The zero-order valence-electron chi connectivity index (χ0n) is 10.3. The van der Waals surface area contributed by atoms with E-state index in [1.165, 1.54) is 12.1 Å². The monoisotopic (exact) mass is 240 g/mol.